The van der Waals surface area contributed by atoms with Gasteiger partial charge in [-0.25, -0.2) is 9.98 Å². The van der Waals surface area contributed by atoms with Gasteiger partial charge in [-0.05, 0) is 97.1 Å². The molecule has 0 saturated heterocycles. The van der Waals surface area contributed by atoms with Gasteiger partial charge in [-0.15, -0.1) is 0 Å². The summed E-state index contributed by atoms with van der Waals surface area (Å²) in [6.45, 7) is 1.48. The number of carbonyl (C=O) groups is 2. The highest BCUT2D eigenvalue weighted by atomic mass is 127. The fourth-order valence-electron chi connectivity index (χ4n) is 3.34. The molecule has 0 atom stereocenters. The van der Waals surface area contributed by atoms with Crippen LogP contribution < -0.4 is 16.0 Å². The molecule has 3 N–H and O–H groups in total. The average Bonchev–Trinajstić information content (AvgIpc) is 2.88. The van der Waals surface area contributed by atoms with Crippen LogP contribution in [-0.4, -0.2) is 27.7 Å². The van der Waals surface area contributed by atoms with Gasteiger partial charge in [-0.2, -0.15) is 0 Å². The molecule has 180 valence electrons. The molecular formula is C28H24IN5O2. The van der Waals surface area contributed by atoms with E-state index in [1.165, 1.54) is 6.92 Å². The van der Waals surface area contributed by atoms with Crippen molar-refractivity contribution in [1.82, 2.24) is 0 Å². The maximum atomic E-state index is 11.5. The smallest absolute Gasteiger partial charge is 0.234 e. The Morgan fingerprint density at radius 1 is 0.639 bits per heavy atom. The van der Waals surface area contributed by atoms with Crippen molar-refractivity contribution in [2.45, 2.75) is 6.92 Å². The molecule has 0 unspecified atom stereocenters. The van der Waals surface area contributed by atoms with Crippen LogP contribution in [0, 0.1) is 0 Å². The molecule has 36 heavy (non-hydrogen) atoms. The van der Waals surface area contributed by atoms with Gasteiger partial charge >= 0.3 is 0 Å². The first-order valence-corrected chi connectivity index (χ1v) is 12.7. The number of rotatable bonds is 7. The number of nitrogens with zero attached hydrogens (tertiary/aromatic N) is 2. The fraction of sp³-hybridized carbons (Fsp3) is 0.0714. The van der Waals surface area contributed by atoms with Crippen molar-refractivity contribution in [1.29, 1.82) is 0 Å². The van der Waals surface area contributed by atoms with E-state index < -0.39 is 0 Å². The number of aliphatic imine (C=N–C) groups is 2. The number of hydrogen-bond acceptors (Lipinski definition) is 5. The Balaban J connectivity index is 1.34. The summed E-state index contributed by atoms with van der Waals surface area (Å²) >= 11 is 2.03. The van der Waals surface area contributed by atoms with Crippen molar-refractivity contribution in [3.63, 3.8) is 0 Å². The zero-order valence-electron chi connectivity index (χ0n) is 19.5. The van der Waals surface area contributed by atoms with E-state index >= 15 is 0 Å². The zero-order chi connectivity index (χ0) is 25.3. The normalized spacial score (nSPS) is 12.2. The Morgan fingerprint density at radius 3 is 1.47 bits per heavy atom. The van der Waals surface area contributed by atoms with Crippen LogP contribution in [0.3, 0.4) is 0 Å². The predicted octanol–water partition coefficient (Wildman–Crippen LogP) is 6.73. The fourth-order valence-corrected chi connectivity index (χ4v) is 3.53. The topological polar surface area (TPSA) is 94.9 Å². The second kappa shape index (κ2) is 12.1. The van der Waals surface area contributed by atoms with Gasteiger partial charge in [0.05, 0.1) is 27.2 Å². The molecule has 3 aromatic rings. The molecule has 0 radical (unpaired) electrons. The highest BCUT2D eigenvalue weighted by Gasteiger charge is 2.03. The van der Waals surface area contributed by atoms with Crippen molar-refractivity contribution in [2.24, 2.45) is 9.98 Å². The van der Waals surface area contributed by atoms with Gasteiger partial charge in [0.1, 0.15) is 0 Å². The van der Waals surface area contributed by atoms with Crippen LogP contribution in [0.15, 0.2) is 107 Å². The molecule has 0 aliphatic heterocycles. The van der Waals surface area contributed by atoms with Crippen LogP contribution >= 0.6 is 22.6 Å². The first kappa shape index (κ1) is 25.1. The first-order valence-electron chi connectivity index (χ1n) is 11.2. The van der Waals surface area contributed by atoms with E-state index in [1.54, 1.807) is 0 Å². The Bertz CT molecular complexity index is 1340. The molecule has 1 aliphatic rings. The minimum Gasteiger partial charge on any atom is -0.356 e. The summed E-state index contributed by atoms with van der Waals surface area (Å²) in [6.07, 6.45) is 7.69. The quantitative estimate of drug-likeness (QED) is 0.162. The van der Waals surface area contributed by atoms with Gasteiger partial charge in [-0.3, -0.25) is 9.59 Å². The Labute approximate surface area is 223 Å². The summed E-state index contributed by atoms with van der Waals surface area (Å²) in [5.41, 5.74) is 6.68. The molecule has 3 aromatic carbocycles. The molecule has 1 aliphatic carbocycles. The second-order valence-corrected chi connectivity index (χ2v) is 8.66. The molecule has 7 nitrogen and oxygen atoms in total. The van der Waals surface area contributed by atoms with E-state index in [4.69, 9.17) is 0 Å². The van der Waals surface area contributed by atoms with Crippen LogP contribution in [0.4, 0.5) is 34.1 Å². The standard InChI is InChI=1S/C28H24IN5O2/c1-19(35)30-20-2-4-21(5-3-20)31-22-6-8-23(9-7-22)32-24-10-12-25(13-11-24)33-26-14-16-27(17-15-26)34-28(36)18-29/h2-17,33H,18H2,1H3,(H,30,35)(H,34,36). The van der Waals surface area contributed by atoms with Crippen molar-refractivity contribution in [3.8, 4) is 0 Å². The van der Waals surface area contributed by atoms with Gasteiger partial charge in [0.15, 0.2) is 0 Å². The molecule has 4 rings (SSSR count). The Hall–Kier alpha value is -4.05. The molecule has 0 saturated carbocycles. The number of allylic oxidation sites excluding steroid dienone is 4. The third-order valence-electron chi connectivity index (χ3n) is 5.00. The van der Waals surface area contributed by atoms with Crippen molar-refractivity contribution in [2.75, 3.05) is 20.4 Å². The van der Waals surface area contributed by atoms with Gasteiger partial charge in [0.25, 0.3) is 0 Å². The third-order valence-corrected chi connectivity index (χ3v) is 5.69. The number of hydrogen-bond donors (Lipinski definition) is 3. The van der Waals surface area contributed by atoms with Crippen LogP contribution in [0.25, 0.3) is 0 Å². The summed E-state index contributed by atoms with van der Waals surface area (Å²) in [4.78, 5) is 31.9. The van der Waals surface area contributed by atoms with Gasteiger partial charge in [-0.1, -0.05) is 22.6 Å². The number of nitrogens with one attached hydrogen (secondary N) is 3. The van der Waals surface area contributed by atoms with Crippen molar-refractivity contribution in [3.05, 3.63) is 97.1 Å². The lowest BCUT2D eigenvalue weighted by atomic mass is 10.1. The molecule has 2 amide bonds. The number of carbonyl (C=O) groups excluding carboxylic acids is 2. The Kier molecular flexibility index (Phi) is 8.40. The number of alkyl halides is 1. The van der Waals surface area contributed by atoms with Gasteiger partial charge < -0.3 is 16.0 Å². The first-order chi connectivity index (χ1) is 17.5. The lowest BCUT2D eigenvalue weighted by Crippen LogP contribution is -2.11. The monoisotopic (exact) mass is 589 g/mol. The summed E-state index contributed by atoms with van der Waals surface area (Å²) in [5.74, 6) is -0.121. The predicted molar refractivity (Wildman–Crippen MR) is 157 cm³/mol. The summed E-state index contributed by atoms with van der Waals surface area (Å²) in [7, 11) is 0. The maximum Gasteiger partial charge on any atom is 0.234 e. The molecule has 0 fully saturated rings. The molecule has 8 heteroatoms. The minimum atomic E-state index is -0.102. The SMILES string of the molecule is CC(=O)Nc1ccc(N=C2C=CC(=Nc3ccc(Nc4ccc(NC(=O)CI)cc4)cc3)C=C2)cc1. The van der Waals surface area contributed by atoms with E-state index in [0.29, 0.717) is 4.43 Å². The van der Waals surface area contributed by atoms with Gasteiger partial charge in [0.2, 0.25) is 11.8 Å². The van der Waals surface area contributed by atoms with E-state index in [2.05, 4.69) is 25.9 Å². The zero-order valence-corrected chi connectivity index (χ0v) is 21.7. The molecular weight excluding hydrogens is 565 g/mol. The minimum absolute atomic E-state index is 0.0193. The largest absolute Gasteiger partial charge is 0.356 e. The maximum absolute atomic E-state index is 11.5. The Morgan fingerprint density at radius 2 is 1.03 bits per heavy atom. The number of amides is 2. The molecule has 0 heterocycles. The van der Waals surface area contributed by atoms with Crippen LogP contribution in [0.5, 0.6) is 0 Å². The third kappa shape index (κ3) is 7.47. The summed E-state index contributed by atoms with van der Waals surface area (Å²) < 4.78 is 0.422. The lowest BCUT2D eigenvalue weighted by molar-refractivity contribution is -0.114. The lowest BCUT2D eigenvalue weighted by Gasteiger charge is -2.09. The highest BCUT2D eigenvalue weighted by Crippen LogP contribution is 2.23. The number of benzene rings is 3. The highest BCUT2D eigenvalue weighted by molar-refractivity contribution is 14.1. The second-order valence-electron chi connectivity index (χ2n) is 7.90. The van der Waals surface area contributed by atoms with Crippen molar-refractivity contribution < 1.29 is 9.59 Å². The van der Waals surface area contributed by atoms with Crippen LogP contribution in [0.1, 0.15) is 6.92 Å². The number of anilines is 4. The van der Waals surface area contributed by atoms with Gasteiger partial charge in [0, 0.05) is 29.7 Å². The van der Waals surface area contributed by atoms with E-state index in [9.17, 15) is 9.59 Å². The number of halogens is 1. The van der Waals surface area contributed by atoms with E-state index in [1.807, 2.05) is 120 Å². The van der Waals surface area contributed by atoms with Crippen LogP contribution in [0.2, 0.25) is 0 Å². The summed E-state index contributed by atoms with van der Waals surface area (Å²) in [6, 6.07) is 22.8. The van der Waals surface area contributed by atoms with E-state index in [-0.39, 0.29) is 11.8 Å². The molecule has 0 spiro atoms. The van der Waals surface area contributed by atoms with Crippen molar-refractivity contribution >= 4 is 80.0 Å². The van der Waals surface area contributed by atoms with Crippen LogP contribution in [-0.2, 0) is 9.59 Å². The average molecular weight is 589 g/mol. The molecule has 0 bridgehead atoms. The molecule has 0 aromatic heterocycles. The summed E-state index contributed by atoms with van der Waals surface area (Å²) in [5, 5.41) is 8.92. The van der Waals surface area contributed by atoms with E-state index in [0.717, 1.165) is 45.5 Å².